The summed E-state index contributed by atoms with van der Waals surface area (Å²) in [4.78, 5) is 5.78. The van der Waals surface area contributed by atoms with Crippen molar-refractivity contribution in [1.29, 1.82) is 0 Å². The molecule has 1 saturated carbocycles. The fourth-order valence-electron chi connectivity index (χ4n) is 10.8. The average Bonchev–Trinajstić information content (AvgIpc) is 3.18. The normalized spacial score (nSPS) is 30.9. The highest BCUT2D eigenvalue weighted by atomic mass is 15.3. The largest absolute Gasteiger partial charge is 0.315 e. The SMILES string of the molecule is CC1=CC(N(C2=CC(C(C)(C)C)CC(C(C)(C)C)=C2)C2=CC=C(C(C)(C)C)CC2)=CC(N2C3CC=CCC3C3(CCCCC3)C2(C)C)C1. The smallest absolute Gasteiger partial charge is 0.0433 e. The number of hydrogen-bond acceptors (Lipinski definition) is 2. The van der Waals surface area contributed by atoms with E-state index in [1.165, 1.54) is 67.6 Å². The molecule has 4 atom stereocenters. The Labute approximate surface area is 296 Å². The van der Waals surface area contributed by atoms with Crippen LogP contribution in [0, 0.1) is 33.5 Å². The van der Waals surface area contributed by atoms with Crippen molar-refractivity contribution in [2.75, 3.05) is 0 Å². The molecule has 1 aliphatic heterocycles. The van der Waals surface area contributed by atoms with E-state index >= 15 is 0 Å². The first kappa shape index (κ1) is 35.8. The van der Waals surface area contributed by atoms with E-state index in [4.69, 9.17) is 0 Å². The van der Waals surface area contributed by atoms with E-state index in [1.54, 1.807) is 11.1 Å². The Kier molecular flexibility index (Phi) is 9.40. The van der Waals surface area contributed by atoms with Crippen molar-refractivity contribution in [1.82, 2.24) is 9.80 Å². The summed E-state index contributed by atoms with van der Waals surface area (Å²) >= 11 is 0. The van der Waals surface area contributed by atoms with Crippen LogP contribution in [0.3, 0.4) is 0 Å². The van der Waals surface area contributed by atoms with E-state index in [-0.39, 0.29) is 21.8 Å². The molecule has 1 heterocycles. The monoisotopic (exact) mass is 651 g/mol. The van der Waals surface area contributed by atoms with Crippen molar-refractivity contribution in [3.8, 4) is 0 Å². The number of hydrogen-bond donors (Lipinski definition) is 0. The highest BCUT2D eigenvalue weighted by molar-refractivity contribution is 5.45. The van der Waals surface area contributed by atoms with Crippen LogP contribution >= 0.6 is 0 Å². The summed E-state index contributed by atoms with van der Waals surface area (Å²) in [6.07, 6.45) is 34.5. The van der Waals surface area contributed by atoms with Crippen LogP contribution in [0.1, 0.15) is 154 Å². The maximum Gasteiger partial charge on any atom is 0.0433 e. The molecule has 264 valence electrons. The molecule has 5 aliphatic carbocycles. The molecule has 6 rings (SSSR count). The third-order valence-corrected chi connectivity index (χ3v) is 13.8. The highest BCUT2D eigenvalue weighted by Crippen LogP contribution is 2.63. The Hall–Kier alpha value is -2.06. The molecule has 0 N–H and O–H groups in total. The van der Waals surface area contributed by atoms with Crippen LogP contribution in [0.15, 0.2) is 82.4 Å². The summed E-state index contributed by atoms with van der Waals surface area (Å²) in [7, 11) is 0. The molecular formula is C46H70N2. The molecule has 1 spiro atoms. The van der Waals surface area contributed by atoms with Gasteiger partial charge in [0.25, 0.3) is 0 Å². The Morgan fingerprint density at radius 3 is 1.98 bits per heavy atom. The predicted octanol–water partition coefficient (Wildman–Crippen LogP) is 12.8. The third-order valence-electron chi connectivity index (χ3n) is 13.8. The molecule has 0 aromatic rings. The van der Waals surface area contributed by atoms with E-state index < -0.39 is 0 Å². The van der Waals surface area contributed by atoms with Crippen LogP contribution in [0.25, 0.3) is 0 Å². The third kappa shape index (κ3) is 6.47. The molecule has 0 amide bonds. The molecule has 4 unspecified atom stereocenters. The average molecular weight is 651 g/mol. The van der Waals surface area contributed by atoms with Gasteiger partial charge in [0.15, 0.2) is 0 Å². The van der Waals surface area contributed by atoms with Gasteiger partial charge in [-0.05, 0) is 130 Å². The molecule has 0 aromatic carbocycles. The molecule has 6 aliphatic rings. The number of rotatable bonds is 4. The molecule has 0 bridgehead atoms. The van der Waals surface area contributed by atoms with Crippen LogP contribution < -0.4 is 0 Å². The lowest BCUT2D eigenvalue weighted by Gasteiger charge is -2.51. The second kappa shape index (κ2) is 12.6. The zero-order valence-electron chi connectivity index (χ0n) is 33.1. The van der Waals surface area contributed by atoms with E-state index in [9.17, 15) is 0 Å². The number of fused-ring (bicyclic) bond motifs is 2. The predicted molar refractivity (Wildman–Crippen MR) is 207 cm³/mol. The van der Waals surface area contributed by atoms with E-state index in [1.807, 2.05) is 0 Å². The van der Waals surface area contributed by atoms with E-state index in [0.717, 1.165) is 31.6 Å². The van der Waals surface area contributed by atoms with E-state index in [0.29, 0.717) is 23.4 Å². The van der Waals surface area contributed by atoms with Crippen molar-refractivity contribution in [2.24, 2.45) is 33.5 Å². The summed E-state index contributed by atoms with van der Waals surface area (Å²) < 4.78 is 0. The molecule has 0 radical (unpaired) electrons. The van der Waals surface area contributed by atoms with Crippen molar-refractivity contribution in [3.63, 3.8) is 0 Å². The maximum absolute atomic E-state index is 3.07. The van der Waals surface area contributed by atoms with Crippen LogP contribution in [0.5, 0.6) is 0 Å². The molecule has 2 fully saturated rings. The van der Waals surface area contributed by atoms with Gasteiger partial charge < -0.3 is 4.90 Å². The van der Waals surface area contributed by atoms with Gasteiger partial charge in [-0.15, -0.1) is 0 Å². The van der Waals surface area contributed by atoms with Gasteiger partial charge in [-0.3, -0.25) is 4.90 Å². The van der Waals surface area contributed by atoms with Gasteiger partial charge in [-0.25, -0.2) is 0 Å². The van der Waals surface area contributed by atoms with Gasteiger partial charge in [0.05, 0.1) is 0 Å². The molecule has 48 heavy (non-hydrogen) atoms. The lowest BCUT2D eigenvalue weighted by molar-refractivity contribution is 0.00274. The Bertz CT molecular complexity index is 1460. The molecule has 2 heteroatoms. The summed E-state index contributed by atoms with van der Waals surface area (Å²) in [5.74, 6) is 1.28. The van der Waals surface area contributed by atoms with Crippen LogP contribution in [0.2, 0.25) is 0 Å². The number of allylic oxidation sites excluding steroid dienone is 9. The minimum absolute atomic E-state index is 0.140. The van der Waals surface area contributed by atoms with Gasteiger partial charge in [-0.2, -0.15) is 0 Å². The Balaban J connectivity index is 1.49. The van der Waals surface area contributed by atoms with Crippen molar-refractivity contribution in [3.05, 3.63) is 82.4 Å². The standard InChI is InChI=1S/C46H70N2/c1-32-26-37(31-39(27-32)48-41-19-15-14-18-40(41)46(45(48,11)12)24-16-13-17-25-46)47(36-22-20-33(21-23-36)42(2,3)4)38-29-34(43(5,6)7)28-35(30-38)44(8,9)10/h14-15,20,22,26,29-31,34,39-41H,13,16-19,21,23-25,27-28H2,1-12H3. The lowest BCUT2D eigenvalue weighted by Crippen LogP contribution is -2.55. The van der Waals surface area contributed by atoms with E-state index in [2.05, 4.69) is 141 Å². The zero-order chi connectivity index (χ0) is 34.9. The molecule has 2 nitrogen and oxygen atoms in total. The van der Waals surface area contributed by atoms with Crippen molar-refractivity contribution >= 4 is 0 Å². The van der Waals surface area contributed by atoms with Crippen LogP contribution in [0.4, 0.5) is 0 Å². The van der Waals surface area contributed by atoms with Crippen LogP contribution in [-0.4, -0.2) is 27.4 Å². The second-order valence-electron chi connectivity index (χ2n) is 20.3. The Morgan fingerprint density at radius 1 is 0.729 bits per heavy atom. The van der Waals surface area contributed by atoms with Gasteiger partial charge in [0, 0.05) is 34.7 Å². The Morgan fingerprint density at radius 2 is 1.38 bits per heavy atom. The maximum atomic E-state index is 3.07. The molecule has 0 aromatic heterocycles. The van der Waals surface area contributed by atoms with Crippen molar-refractivity contribution < 1.29 is 0 Å². The van der Waals surface area contributed by atoms with Gasteiger partial charge in [-0.1, -0.05) is 123 Å². The summed E-state index contributed by atoms with van der Waals surface area (Å²) in [5, 5.41) is 0. The quantitative estimate of drug-likeness (QED) is 0.279. The summed E-state index contributed by atoms with van der Waals surface area (Å²) in [6.45, 7) is 29.4. The van der Waals surface area contributed by atoms with Crippen LogP contribution in [-0.2, 0) is 0 Å². The number of likely N-dealkylation sites (tertiary alicyclic amines) is 1. The number of nitrogens with zero attached hydrogens (tertiary/aromatic N) is 2. The van der Waals surface area contributed by atoms with Gasteiger partial charge >= 0.3 is 0 Å². The first-order valence-corrected chi connectivity index (χ1v) is 19.8. The first-order valence-electron chi connectivity index (χ1n) is 19.8. The summed E-state index contributed by atoms with van der Waals surface area (Å²) in [6, 6.07) is 1.06. The molecule has 1 saturated heterocycles. The van der Waals surface area contributed by atoms with Crippen molar-refractivity contribution in [2.45, 2.75) is 171 Å². The topological polar surface area (TPSA) is 6.48 Å². The first-order chi connectivity index (χ1) is 22.3. The zero-order valence-corrected chi connectivity index (χ0v) is 33.1. The summed E-state index contributed by atoms with van der Waals surface area (Å²) in [5.41, 5.74) is 10.1. The highest BCUT2D eigenvalue weighted by Gasteiger charge is 2.63. The minimum Gasteiger partial charge on any atom is -0.315 e. The lowest BCUT2D eigenvalue weighted by atomic mass is 9.57. The molecular weight excluding hydrogens is 581 g/mol. The fourth-order valence-corrected chi connectivity index (χ4v) is 10.8. The second-order valence-corrected chi connectivity index (χ2v) is 20.3. The van der Waals surface area contributed by atoms with Gasteiger partial charge in [0.2, 0.25) is 0 Å². The fraction of sp³-hybridized carbons (Fsp3) is 0.696. The minimum atomic E-state index is 0.140. The van der Waals surface area contributed by atoms with Gasteiger partial charge in [0.1, 0.15) is 0 Å².